The van der Waals surface area contributed by atoms with Crippen molar-refractivity contribution in [2.45, 2.75) is 12.5 Å². The van der Waals surface area contributed by atoms with Crippen LogP contribution in [0.5, 0.6) is 0 Å². The Morgan fingerprint density at radius 3 is 2.57 bits per heavy atom. The molecule has 0 saturated heterocycles. The summed E-state index contributed by atoms with van der Waals surface area (Å²) in [7, 11) is 1.98. The highest BCUT2D eigenvalue weighted by atomic mass is 127. The summed E-state index contributed by atoms with van der Waals surface area (Å²) in [5.74, 6) is 0.161. The highest BCUT2D eigenvalue weighted by Gasteiger charge is 2.17. The second kappa shape index (κ2) is 9.31. The van der Waals surface area contributed by atoms with Gasteiger partial charge in [-0.25, -0.2) is 0 Å². The van der Waals surface area contributed by atoms with E-state index in [-0.39, 0.29) is 11.8 Å². The van der Waals surface area contributed by atoms with Gasteiger partial charge in [-0.1, -0.05) is 46.3 Å². The van der Waals surface area contributed by atoms with Gasteiger partial charge in [-0.3, -0.25) is 4.79 Å². The molecule has 0 bridgehead atoms. The molecule has 1 atom stereocenters. The first-order valence-electron chi connectivity index (χ1n) is 6.01. The van der Waals surface area contributed by atoms with Crippen molar-refractivity contribution in [3.05, 3.63) is 58.7 Å². The van der Waals surface area contributed by atoms with Crippen molar-refractivity contribution in [1.82, 2.24) is 4.90 Å². The van der Waals surface area contributed by atoms with Crippen LogP contribution in [0.15, 0.2) is 53.2 Å². The molecular formula is C14H15BrINO4. The first-order chi connectivity index (χ1) is 9.91. The van der Waals surface area contributed by atoms with Crippen molar-refractivity contribution in [3.63, 3.8) is 0 Å². The van der Waals surface area contributed by atoms with Gasteiger partial charge >= 0.3 is 21.1 Å². The molecule has 1 aliphatic heterocycles. The van der Waals surface area contributed by atoms with Crippen LogP contribution < -0.4 is 27.9 Å². The van der Waals surface area contributed by atoms with E-state index >= 15 is 0 Å². The summed E-state index contributed by atoms with van der Waals surface area (Å²) in [5.41, 5.74) is 0.754. The third-order valence-corrected chi connectivity index (χ3v) is 3.55. The molecule has 1 aromatic rings. The van der Waals surface area contributed by atoms with Crippen molar-refractivity contribution in [1.29, 1.82) is 0 Å². The minimum atomic E-state index is -3.76. The van der Waals surface area contributed by atoms with Gasteiger partial charge in [0.1, 0.15) is 0 Å². The standard InChI is InChI=1S/C14H14BrNO.HIO3/c1-16-9-5-4-6-11(16)10-14(17)12-7-2-3-8-13(12)15;2-1(3)4/h2-9,11H,10H2,1H3;2H. The molecule has 1 N–H and O–H groups in total. The summed E-state index contributed by atoms with van der Waals surface area (Å²) in [4.78, 5) is 14.2. The van der Waals surface area contributed by atoms with Crippen molar-refractivity contribution < 1.29 is 36.2 Å². The molecule has 1 aliphatic rings. The summed E-state index contributed by atoms with van der Waals surface area (Å²) >= 11 is -0.353. The number of benzene rings is 1. The zero-order chi connectivity index (χ0) is 15.8. The number of hydrogen-bond acceptors (Lipinski definition) is 5. The van der Waals surface area contributed by atoms with E-state index in [1.807, 2.05) is 49.7 Å². The van der Waals surface area contributed by atoms with E-state index in [9.17, 15) is 4.79 Å². The third kappa shape index (κ3) is 6.70. The van der Waals surface area contributed by atoms with E-state index in [2.05, 4.69) is 26.9 Å². The SMILES string of the molecule is CN1C=CC=CC1CC(=O)c1ccccc1Br.[O-][I+2]([O-])O. The summed E-state index contributed by atoms with van der Waals surface area (Å²) in [6.45, 7) is 0. The largest absolute Gasteiger partial charge is 0.503 e. The lowest BCUT2D eigenvalue weighted by Crippen LogP contribution is -3.98. The second-order valence-electron chi connectivity index (χ2n) is 4.27. The average Bonchev–Trinajstić information content (AvgIpc) is 2.41. The molecule has 0 aliphatic carbocycles. The van der Waals surface area contributed by atoms with E-state index < -0.39 is 21.1 Å². The average molecular weight is 468 g/mol. The van der Waals surface area contributed by atoms with Gasteiger partial charge in [-0.2, -0.15) is 0 Å². The van der Waals surface area contributed by atoms with Gasteiger partial charge in [0.25, 0.3) is 0 Å². The van der Waals surface area contributed by atoms with E-state index in [0.717, 1.165) is 10.0 Å². The lowest BCUT2D eigenvalue weighted by atomic mass is 10.0. The summed E-state index contributed by atoms with van der Waals surface area (Å²) < 4.78 is 25.3. The summed E-state index contributed by atoms with van der Waals surface area (Å²) in [6, 6.07) is 7.70. The number of rotatable bonds is 3. The maximum Gasteiger partial charge on any atom is 0.503 e. The lowest BCUT2D eigenvalue weighted by Gasteiger charge is -2.25. The van der Waals surface area contributed by atoms with Crippen LogP contribution in [0.1, 0.15) is 16.8 Å². The molecular weight excluding hydrogens is 453 g/mol. The van der Waals surface area contributed by atoms with Crippen molar-refractivity contribution in [2.24, 2.45) is 0 Å². The number of hydrogen-bond donors (Lipinski definition) is 1. The number of carbonyl (C=O) groups excluding carboxylic acids is 1. The quantitative estimate of drug-likeness (QED) is 0.391. The lowest BCUT2D eigenvalue weighted by molar-refractivity contribution is -1.63. The van der Waals surface area contributed by atoms with E-state index in [1.165, 1.54) is 0 Å². The van der Waals surface area contributed by atoms with Crippen molar-refractivity contribution in [2.75, 3.05) is 7.05 Å². The van der Waals surface area contributed by atoms with Gasteiger partial charge in [-0.15, -0.1) is 0 Å². The fraction of sp³-hybridized carbons (Fsp3) is 0.214. The van der Waals surface area contributed by atoms with Crippen LogP contribution in [0.2, 0.25) is 0 Å². The Labute approximate surface area is 140 Å². The van der Waals surface area contributed by atoms with Crippen LogP contribution in [0.3, 0.4) is 0 Å². The molecule has 1 unspecified atom stereocenters. The molecule has 0 amide bonds. The minimum Gasteiger partial charge on any atom is -0.396 e. The molecule has 0 spiro atoms. The molecule has 2 rings (SSSR count). The maximum absolute atomic E-state index is 12.2. The molecule has 0 aromatic heterocycles. The van der Waals surface area contributed by atoms with E-state index in [4.69, 9.17) is 10.3 Å². The van der Waals surface area contributed by atoms with Gasteiger partial charge in [0.05, 0.1) is 6.04 Å². The van der Waals surface area contributed by atoms with Crippen LogP contribution in [0.25, 0.3) is 0 Å². The monoisotopic (exact) mass is 467 g/mol. The Bertz CT molecular complexity index is 531. The third-order valence-electron chi connectivity index (χ3n) is 2.86. The number of nitrogens with zero attached hydrogens (tertiary/aromatic N) is 1. The first-order valence-corrected chi connectivity index (χ1v) is 9.53. The molecule has 5 nitrogen and oxygen atoms in total. The van der Waals surface area contributed by atoms with Crippen molar-refractivity contribution >= 4 is 21.7 Å². The molecule has 7 heteroatoms. The highest BCUT2D eigenvalue weighted by Crippen LogP contribution is 2.20. The number of ketones is 1. The fourth-order valence-corrected chi connectivity index (χ4v) is 2.33. The fourth-order valence-electron chi connectivity index (χ4n) is 1.82. The van der Waals surface area contributed by atoms with E-state index in [1.54, 1.807) is 0 Å². The normalized spacial score (nSPS) is 16.7. The Hall–Kier alpha value is -0.740. The van der Waals surface area contributed by atoms with Gasteiger partial charge in [-0.05, 0) is 21.8 Å². The van der Waals surface area contributed by atoms with Gasteiger partial charge in [0.15, 0.2) is 5.78 Å². The second-order valence-corrected chi connectivity index (χ2v) is 6.27. The molecule has 114 valence electrons. The summed E-state index contributed by atoms with van der Waals surface area (Å²) in [6.07, 6.45) is 8.49. The zero-order valence-corrected chi connectivity index (χ0v) is 15.0. The Balaban J connectivity index is 0.000000491. The molecule has 0 fully saturated rings. The van der Waals surface area contributed by atoms with Gasteiger partial charge in [0.2, 0.25) is 0 Å². The molecule has 1 heterocycles. The number of halogens is 2. The van der Waals surface area contributed by atoms with Gasteiger partial charge < -0.3 is 11.8 Å². The number of allylic oxidation sites excluding steroid dienone is 2. The van der Waals surface area contributed by atoms with E-state index in [0.29, 0.717) is 6.42 Å². The molecule has 1 aromatic carbocycles. The Kier molecular flexibility index (Phi) is 8.12. The predicted molar refractivity (Wildman–Crippen MR) is 75.1 cm³/mol. The molecule has 21 heavy (non-hydrogen) atoms. The summed E-state index contributed by atoms with van der Waals surface area (Å²) in [5, 5.41) is 0. The number of Topliss-reactive ketones (excluding diaryl/α,β-unsaturated/α-hetero) is 1. The predicted octanol–water partition coefficient (Wildman–Crippen LogP) is -2.53. The maximum atomic E-state index is 12.2. The van der Waals surface area contributed by atoms with Crippen LogP contribution in [0, 0.1) is 0 Å². The molecule has 0 radical (unpaired) electrons. The Morgan fingerprint density at radius 1 is 1.38 bits per heavy atom. The van der Waals surface area contributed by atoms with Crippen LogP contribution >= 0.6 is 15.9 Å². The van der Waals surface area contributed by atoms with Gasteiger partial charge in [0, 0.05) is 23.5 Å². The van der Waals surface area contributed by atoms with Crippen LogP contribution in [-0.4, -0.2) is 27.2 Å². The highest BCUT2D eigenvalue weighted by molar-refractivity contribution is 9.10. The van der Waals surface area contributed by atoms with Crippen LogP contribution in [-0.2, 0) is 0 Å². The Morgan fingerprint density at radius 2 is 2.00 bits per heavy atom. The first kappa shape index (κ1) is 18.3. The molecule has 0 saturated carbocycles. The smallest absolute Gasteiger partial charge is 0.396 e. The number of likely N-dealkylation sites (N-methyl/N-ethyl adjacent to an activating group) is 1. The zero-order valence-electron chi connectivity index (χ0n) is 11.3. The minimum absolute atomic E-state index is 0.152. The number of carbonyl (C=O) groups is 1. The topological polar surface area (TPSA) is 86.7 Å². The van der Waals surface area contributed by atoms with Crippen LogP contribution in [0.4, 0.5) is 0 Å². The van der Waals surface area contributed by atoms with Crippen molar-refractivity contribution in [3.8, 4) is 0 Å².